The predicted octanol–water partition coefficient (Wildman–Crippen LogP) is -0.633. The first kappa shape index (κ1) is 30.3. The molecular formula is C28H31NO14. The summed E-state index contributed by atoms with van der Waals surface area (Å²) < 4.78 is 21.0. The Balaban J connectivity index is 1.26. The zero-order valence-electron chi connectivity index (χ0n) is 23.2. The zero-order chi connectivity index (χ0) is 31.4. The summed E-state index contributed by atoms with van der Waals surface area (Å²) in [5.74, 6) is -6.96. The molecule has 15 heteroatoms. The highest BCUT2D eigenvalue weighted by atomic mass is 16.6. The number of carbonyl (C=O) groups is 5. The molecule has 0 amide bonds. The van der Waals surface area contributed by atoms with E-state index in [0.717, 1.165) is 12.5 Å². The van der Waals surface area contributed by atoms with Gasteiger partial charge in [0.1, 0.15) is 5.76 Å². The molecule has 232 valence electrons. The van der Waals surface area contributed by atoms with Crippen molar-refractivity contribution < 1.29 is 68.5 Å². The molecule has 5 rings (SSSR count). The fourth-order valence-corrected chi connectivity index (χ4v) is 6.73. The van der Waals surface area contributed by atoms with Crippen LogP contribution >= 0.6 is 0 Å². The lowest BCUT2D eigenvalue weighted by Crippen LogP contribution is -2.74. The van der Waals surface area contributed by atoms with Gasteiger partial charge in [-0.05, 0) is 51.1 Å². The first-order valence-electron chi connectivity index (χ1n) is 13.6. The van der Waals surface area contributed by atoms with Crippen LogP contribution in [-0.2, 0) is 50.0 Å². The van der Waals surface area contributed by atoms with E-state index in [4.69, 9.17) is 24.4 Å². The van der Waals surface area contributed by atoms with Crippen molar-refractivity contribution in [3.05, 3.63) is 35.1 Å². The molecule has 0 radical (unpaired) electrons. The van der Waals surface area contributed by atoms with Crippen molar-refractivity contribution in [2.75, 3.05) is 13.6 Å². The standard InChI is InChI=1S/C28H31NO14/c1-12(25(37)42-17(24(35)36)11-19(32)33)40-26(38)15(31)10-20(34)41-16-5-6-28(39)18-9-13-3-4-14(30)22-21(13)27(28,23(16)43-22)7-8-29(18)2/h3-5,12,15,17-18,23,30-31,39H,6-11H2,1-2H3,(H,32,33)(H,35,36)/t12-,15-,17+,18-,23-,27-,28+/m0/s1. The number of likely N-dealkylation sites (N-methyl/N-ethyl adjacent to an activating group) is 1. The highest BCUT2D eigenvalue weighted by Gasteiger charge is 2.72. The summed E-state index contributed by atoms with van der Waals surface area (Å²) in [6.07, 6.45) is -6.13. The number of hydrogen-bond acceptors (Lipinski definition) is 13. The van der Waals surface area contributed by atoms with Crippen molar-refractivity contribution >= 4 is 29.8 Å². The van der Waals surface area contributed by atoms with Gasteiger partial charge in [0, 0.05) is 18.0 Å². The molecule has 1 saturated heterocycles. The van der Waals surface area contributed by atoms with Gasteiger partial charge in [0.2, 0.25) is 6.10 Å². The quantitative estimate of drug-likeness (QED) is 0.165. The molecule has 2 aliphatic heterocycles. The first-order chi connectivity index (χ1) is 20.2. The predicted molar refractivity (Wildman–Crippen MR) is 139 cm³/mol. The second kappa shape index (κ2) is 10.8. The minimum absolute atomic E-state index is 0.0529. The van der Waals surface area contributed by atoms with Crippen LogP contribution < -0.4 is 4.74 Å². The van der Waals surface area contributed by atoms with Crippen molar-refractivity contribution in [3.63, 3.8) is 0 Å². The minimum Gasteiger partial charge on any atom is -0.504 e. The molecule has 2 aliphatic carbocycles. The van der Waals surface area contributed by atoms with E-state index in [1.165, 1.54) is 12.1 Å². The van der Waals surface area contributed by atoms with Gasteiger partial charge in [-0.3, -0.25) is 9.59 Å². The molecule has 1 spiro atoms. The number of carbonyl (C=O) groups excluding carboxylic acids is 3. The van der Waals surface area contributed by atoms with Crippen molar-refractivity contribution in [2.24, 2.45) is 0 Å². The summed E-state index contributed by atoms with van der Waals surface area (Å²) in [7, 11) is 1.92. The number of aliphatic hydroxyl groups excluding tert-OH is 1. The van der Waals surface area contributed by atoms with E-state index in [0.29, 0.717) is 24.9 Å². The maximum absolute atomic E-state index is 12.8. The fourth-order valence-electron chi connectivity index (χ4n) is 6.73. The van der Waals surface area contributed by atoms with Gasteiger partial charge in [-0.25, -0.2) is 14.4 Å². The Morgan fingerprint density at radius 2 is 1.84 bits per heavy atom. The number of likely N-dealkylation sites (tertiary alicyclic amines) is 1. The topological polar surface area (TPSA) is 227 Å². The van der Waals surface area contributed by atoms with E-state index in [-0.39, 0.29) is 29.7 Å². The highest BCUT2D eigenvalue weighted by Crippen LogP contribution is 2.65. The Morgan fingerprint density at radius 3 is 2.51 bits per heavy atom. The van der Waals surface area contributed by atoms with E-state index in [9.17, 15) is 39.3 Å². The van der Waals surface area contributed by atoms with E-state index in [1.807, 2.05) is 7.05 Å². The molecule has 0 aromatic heterocycles. The largest absolute Gasteiger partial charge is 0.504 e. The van der Waals surface area contributed by atoms with Crippen LogP contribution in [0.2, 0.25) is 0 Å². The highest BCUT2D eigenvalue weighted by molar-refractivity contribution is 5.87. The maximum atomic E-state index is 12.8. The fraction of sp³-hybridized carbons (Fsp3) is 0.536. The van der Waals surface area contributed by atoms with E-state index in [2.05, 4.69) is 9.64 Å². The molecule has 1 aromatic rings. The molecule has 0 unspecified atom stereocenters. The van der Waals surface area contributed by atoms with Gasteiger partial charge in [0.15, 0.2) is 29.8 Å². The third-order valence-corrected chi connectivity index (χ3v) is 8.74. The summed E-state index contributed by atoms with van der Waals surface area (Å²) in [5.41, 5.74) is -0.709. The number of phenolic OH excluding ortho intramolecular Hbond substituents is 1. The smallest absolute Gasteiger partial charge is 0.348 e. The third kappa shape index (κ3) is 4.86. The number of carboxylic acid groups (broad SMARTS) is 2. The Kier molecular flexibility index (Phi) is 7.61. The van der Waals surface area contributed by atoms with Crippen molar-refractivity contribution in [1.82, 2.24) is 4.90 Å². The molecule has 1 aromatic carbocycles. The molecule has 2 heterocycles. The van der Waals surface area contributed by atoms with Gasteiger partial charge in [-0.15, -0.1) is 0 Å². The number of phenols is 1. The number of nitrogens with zero attached hydrogens (tertiary/aromatic N) is 1. The molecule has 4 aliphatic rings. The number of benzene rings is 1. The first-order valence-corrected chi connectivity index (χ1v) is 13.6. The van der Waals surface area contributed by atoms with E-state index < -0.39 is 78.1 Å². The van der Waals surface area contributed by atoms with Crippen LogP contribution in [0.3, 0.4) is 0 Å². The number of rotatable bonds is 10. The molecule has 0 saturated carbocycles. The van der Waals surface area contributed by atoms with Crippen molar-refractivity contribution in [3.8, 4) is 11.5 Å². The van der Waals surface area contributed by atoms with Gasteiger partial charge in [-0.1, -0.05) is 6.07 Å². The normalized spacial score (nSPS) is 28.7. The average molecular weight is 606 g/mol. The van der Waals surface area contributed by atoms with E-state index >= 15 is 0 Å². The molecule has 7 atom stereocenters. The van der Waals surface area contributed by atoms with Crippen LogP contribution in [0.15, 0.2) is 24.0 Å². The number of ether oxygens (including phenoxy) is 4. The molecule has 5 N–H and O–H groups in total. The van der Waals surface area contributed by atoms with Crippen molar-refractivity contribution in [2.45, 2.75) is 80.5 Å². The molecule has 15 nitrogen and oxygen atoms in total. The van der Waals surface area contributed by atoms with Crippen LogP contribution in [0.1, 0.15) is 43.7 Å². The number of esters is 3. The lowest BCUT2D eigenvalue weighted by molar-refractivity contribution is -0.181. The van der Waals surface area contributed by atoms with Gasteiger partial charge in [0.25, 0.3) is 0 Å². The number of aliphatic hydroxyl groups is 2. The monoisotopic (exact) mass is 605 g/mol. The van der Waals surface area contributed by atoms with Gasteiger partial charge in [0.05, 0.1) is 23.9 Å². The summed E-state index contributed by atoms with van der Waals surface area (Å²) in [5, 5.41) is 50.7. The van der Waals surface area contributed by atoms with E-state index in [1.54, 1.807) is 6.07 Å². The Morgan fingerprint density at radius 1 is 1.12 bits per heavy atom. The van der Waals surface area contributed by atoms with Crippen molar-refractivity contribution in [1.29, 1.82) is 0 Å². The van der Waals surface area contributed by atoms with Crippen LogP contribution in [0.5, 0.6) is 11.5 Å². The Bertz CT molecular complexity index is 1420. The minimum atomic E-state index is -2.09. The van der Waals surface area contributed by atoms with Crippen LogP contribution in [0, 0.1) is 0 Å². The summed E-state index contributed by atoms with van der Waals surface area (Å²) in [6, 6.07) is 3.05. The average Bonchev–Trinajstić information content (AvgIpc) is 3.29. The van der Waals surface area contributed by atoms with Crippen LogP contribution in [0.4, 0.5) is 0 Å². The van der Waals surface area contributed by atoms with Gasteiger partial charge in [-0.2, -0.15) is 0 Å². The number of aromatic hydroxyl groups is 1. The summed E-state index contributed by atoms with van der Waals surface area (Å²) in [6.45, 7) is 1.62. The molecule has 43 heavy (non-hydrogen) atoms. The number of aliphatic carboxylic acids is 2. The molecule has 2 bridgehead atoms. The summed E-state index contributed by atoms with van der Waals surface area (Å²) >= 11 is 0. The number of piperidine rings is 1. The summed E-state index contributed by atoms with van der Waals surface area (Å²) in [4.78, 5) is 61.3. The second-order valence-electron chi connectivity index (χ2n) is 11.2. The number of hydrogen-bond donors (Lipinski definition) is 5. The number of carboxylic acids is 2. The SMILES string of the molecule is C[C@H](OC(=O)[C@@H](O)CC(=O)OC1=CC[C@@]2(O)[C@@H]3Cc4ccc(O)c5c4[C@@]2(CCN3C)[C@H]1O5)C(=O)O[C@H](CC(=O)O)C(=O)O. The second-order valence-corrected chi connectivity index (χ2v) is 11.2. The Labute approximate surface area is 244 Å². The Hall–Kier alpha value is -4.21. The molecular weight excluding hydrogens is 574 g/mol. The van der Waals surface area contributed by atoms with Crippen LogP contribution in [-0.4, -0.2) is 110 Å². The lowest BCUT2D eigenvalue weighted by atomic mass is 9.50. The van der Waals surface area contributed by atoms with Crippen LogP contribution in [0.25, 0.3) is 0 Å². The molecule has 1 fully saturated rings. The third-order valence-electron chi connectivity index (χ3n) is 8.74. The maximum Gasteiger partial charge on any atom is 0.348 e. The van der Waals surface area contributed by atoms with Gasteiger partial charge >= 0.3 is 29.8 Å². The lowest BCUT2D eigenvalue weighted by Gasteiger charge is -2.61. The zero-order valence-corrected chi connectivity index (χ0v) is 23.2. The van der Waals surface area contributed by atoms with Gasteiger partial charge < -0.3 is 49.4 Å².